The maximum Gasteiger partial charge on any atom is 0.407 e. The summed E-state index contributed by atoms with van der Waals surface area (Å²) in [5, 5.41) is 15.3. The van der Waals surface area contributed by atoms with Gasteiger partial charge in [0.05, 0.1) is 6.04 Å². The van der Waals surface area contributed by atoms with E-state index in [4.69, 9.17) is 5.11 Å². The third-order valence-electron chi connectivity index (χ3n) is 4.20. The lowest BCUT2D eigenvalue weighted by molar-refractivity contribution is 0.154. The summed E-state index contributed by atoms with van der Waals surface area (Å²) in [6.07, 6.45) is 6.68. The summed E-state index contributed by atoms with van der Waals surface area (Å²) in [4.78, 5) is 26.5. The van der Waals surface area contributed by atoms with Crippen LogP contribution in [0.1, 0.15) is 12.8 Å². The Labute approximate surface area is 123 Å². The van der Waals surface area contributed by atoms with Crippen molar-refractivity contribution in [1.29, 1.82) is 0 Å². The number of likely N-dealkylation sites (tertiary alicyclic amines) is 1. The standard InChI is InChI=1S/C14H20N4O3/c19-13(16-10-5-7-17(9-10)14(20)21)18-8-6-15-11-3-1-2-4-12(11)18/h1-2,4,10-11,15H,3,5-9H2,(H,16,19)(H,20,21). The van der Waals surface area contributed by atoms with Crippen LogP contribution in [0.4, 0.5) is 9.59 Å². The first kappa shape index (κ1) is 13.9. The molecule has 2 saturated heterocycles. The Morgan fingerprint density at radius 2 is 2.24 bits per heavy atom. The van der Waals surface area contributed by atoms with Crippen LogP contribution in [0, 0.1) is 0 Å². The molecule has 114 valence electrons. The zero-order valence-corrected chi connectivity index (χ0v) is 11.8. The van der Waals surface area contributed by atoms with Crippen molar-refractivity contribution in [2.24, 2.45) is 0 Å². The number of carboxylic acid groups (broad SMARTS) is 1. The predicted octanol–water partition coefficient (Wildman–Crippen LogP) is 0.566. The van der Waals surface area contributed by atoms with Gasteiger partial charge in [-0.05, 0) is 18.9 Å². The minimum atomic E-state index is -0.922. The lowest BCUT2D eigenvalue weighted by Crippen LogP contribution is -2.55. The van der Waals surface area contributed by atoms with Crippen LogP contribution in [0.25, 0.3) is 0 Å². The van der Waals surface area contributed by atoms with E-state index in [0.29, 0.717) is 26.1 Å². The van der Waals surface area contributed by atoms with Crippen LogP contribution in [-0.2, 0) is 0 Å². The number of allylic oxidation sites excluding steroid dienone is 2. The van der Waals surface area contributed by atoms with E-state index in [9.17, 15) is 9.59 Å². The van der Waals surface area contributed by atoms with Gasteiger partial charge in [0, 0.05) is 37.9 Å². The van der Waals surface area contributed by atoms with E-state index in [1.165, 1.54) is 4.90 Å². The smallest absolute Gasteiger partial charge is 0.407 e. The predicted molar refractivity (Wildman–Crippen MR) is 76.9 cm³/mol. The first-order valence-corrected chi connectivity index (χ1v) is 7.31. The Morgan fingerprint density at radius 3 is 3.00 bits per heavy atom. The Kier molecular flexibility index (Phi) is 3.83. The molecule has 0 aromatic carbocycles. The highest BCUT2D eigenvalue weighted by Crippen LogP contribution is 2.21. The normalized spacial score (nSPS) is 28.1. The van der Waals surface area contributed by atoms with E-state index >= 15 is 0 Å². The van der Waals surface area contributed by atoms with E-state index in [2.05, 4.69) is 16.7 Å². The minimum absolute atomic E-state index is 0.0957. The number of carbonyl (C=O) groups is 2. The fraction of sp³-hybridized carbons (Fsp3) is 0.571. The van der Waals surface area contributed by atoms with Gasteiger partial charge in [0.1, 0.15) is 0 Å². The Balaban J connectivity index is 1.61. The number of piperazine rings is 1. The average molecular weight is 292 g/mol. The number of amides is 3. The van der Waals surface area contributed by atoms with Gasteiger partial charge in [-0.2, -0.15) is 0 Å². The average Bonchev–Trinajstić information content (AvgIpc) is 2.95. The van der Waals surface area contributed by atoms with Gasteiger partial charge in [-0.15, -0.1) is 0 Å². The third-order valence-corrected chi connectivity index (χ3v) is 4.20. The monoisotopic (exact) mass is 292 g/mol. The molecule has 2 atom stereocenters. The molecular weight excluding hydrogens is 272 g/mol. The molecule has 0 bridgehead atoms. The second-order valence-electron chi connectivity index (χ2n) is 5.58. The van der Waals surface area contributed by atoms with Crippen LogP contribution in [0.3, 0.4) is 0 Å². The Hall–Kier alpha value is -2.02. The molecule has 21 heavy (non-hydrogen) atoms. The van der Waals surface area contributed by atoms with Crippen molar-refractivity contribution in [2.75, 3.05) is 26.2 Å². The van der Waals surface area contributed by atoms with Crippen LogP contribution in [0.2, 0.25) is 0 Å². The van der Waals surface area contributed by atoms with Gasteiger partial charge in [0.25, 0.3) is 0 Å². The number of fused-ring (bicyclic) bond motifs is 1. The molecule has 3 N–H and O–H groups in total. The topological polar surface area (TPSA) is 84.9 Å². The fourth-order valence-corrected chi connectivity index (χ4v) is 3.09. The molecular formula is C14H20N4O3. The molecule has 3 aliphatic rings. The first-order chi connectivity index (χ1) is 10.1. The molecule has 3 amide bonds. The van der Waals surface area contributed by atoms with E-state index in [0.717, 1.165) is 18.7 Å². The van der Waals surface area contributed by atoms with Crippen molar-refractivity contribution in [3.05, 3.63) is 23.9 Å². The van der Waals surface area contributed by atoms with Gasteiger partial charge in [0.15, 0.2) is 0 Å². The lowest BCUT2D eigenvalue weighted by atomic mass is 10.0. The van der Waals surface area contributed by atoms with Crippen molar-refractivity contribution in [3.8, 4) is 0 Å². The number of nitrogens with one attached hydrogen (secondary N) is 2. The minimum Gasteiger partial charge on any atom is -0.465 e. The van der Waals surface area contributed by atoms with Crippen molar-refractivity contribution in [2.45, 2.75) is 24.9 Å². The summed E-state index contributed by atoms with van der Waals surface area (Å²) >= 11 is 0. The summed E-state index contributed by atoms with van der Waals surface area (Å²) < 4.78 is 0. The molecule has 0 saturated carbocycles. The zero-order chi connectivity index (χ0) is 14.8. The van der Waals surface area contributed by atoms with Gasteiger partial charge >= 0.3 is 12.1 Å². The molecule has 0 radical (unpaired) electrons. The molecule has 0 aromatic rings. The molecule has 3 rings (SSSR count). The third kappa shape index (κ3) is 2.87. The molecule has 7 heteroatoms. The largest absolute Gasteiger partial charge is 0.465 e. The molecule has 0 aromatic heterocycles. The Morgan fingerprint density at radius 1 is 1.38 bits per heavy atom. The van der Waals surface area contributed by atoms with Crippen molar-refractivity contribution in [3.63, 3.8) is 0 Å². The fourth-order valence-electron chi connectivity index (χ4n) is 3.09. The molecule has 2 unspecified atom stereocenters. The maximum atomic E-state index is 12.4. The van der Waals surface area contributed by atoms with Crippen LogP contribution in [0.15, 0.2) is 23.9 Å². The van der Waals surface area contributed by atoms with E-state index in [1.54, 1.807) is 4.90 Å². The molecule has 1 aliphatic carbocycles. The Bertz CT molecular complexity index is 502. The molecule has 7 nitrogen and oxygen atoms in total. The van der Waals surface area contributed by atoms with Crippen molar-refractivity contribution in [1.82, 2.24) is 20.4 Å². The van der Waals surface area contributed by atoms with Crippen LogP contribution in [-0.4, -0.2) is 65.3 Å². The number of rotatable bonds is 1. The van der Waals surface area contributed by atoms with E-state index < -0.39 is 6.09 Å². The molecule has 2 aliphatic heterocycles. The van der Waals surface area contributed by atoms with Crippen LogP contribution < -0.4 is 10.6 Å². The summed E-state index contributed by atoms with van der Waals surface area (Å²) in [7, 11) is 0. The number of hydrogen-bond acceptors (Lipinski definition) is 3. The van der Waals surface area contributed by atoms with Crippen LogP contribution in [0.5, 0.6) is 0 Å². The molecule has 0 spiro atoms. The van der Waals surface area contributed by atoms with Gasteiger partial charge < -0.3 is 20.6 Å². The SMILES string of the molecule is O=C(O)N1CCC(NC(=O)N2CCNC3CC=CC=C32)C1. The maximum absolute atomic E-state index is 12.4. The van der Waals surface area contributed by atoms with E-state index in [1.807, 2.05) is 12.2 Å². The number of hydrogen-bond donors (Lipinski definition) is 3. The number of urea groups is 1. The number of carbonyl (C=O) groups excluding carboxylic acids is 1. The van der Waals surface area contributed by atoms with Gasteiger partial charge in [-0.25, -0.2) is 9.59 Å². The highest BCUT2D eigenvalue weighted by Gasteiger charge is 2.32. The lowest BCUT2D eigenvalue weighted by Gasteiger charge is -2.37. The highest BCUT2D eigenvalue weighted by atomic mass is 16.4. The van der Waals surface area contributed by atoms with Gasteiger partial charge in [0.2, 0.25) is 0 Å². The number of nitrogens with zero attached hydrogens (tertiary/aromatic N) is 2. The summed E-state index contributed by atoms with van der Waals surface area (Å²) in [5.74, 6) is 0. The zero-order valence-electron chi connectivity index (χ0n) is 11.8. The first-order valence-electron chi connectivity index (χ1n) is 7.31. The summed E-state index contributed by atoms with van der Waals surface area (Å²) in [6, 6.07) is -0.0180. The van der Waals surface area contributed by atoms with E-state index in [-0.39, 0.29) is 18.1 Å². The van der Waals surface area contributed by atoms with Crippen molar-refractivity contribution >= 4 is 12.1 Å². The van der Waals surface area contributed by atoms with Crippen LogP contribution >= 0.6 is 0 Å². The highest BCUT2D eigenvalue weighted by molar-refractivity contribution is 5.77. The summed E-state index contributed by atoms with van der Waals surface area (Å²) in [6.45, 7) is 2.26. The van der Waals surface area contributed by atoms with Gasteiger partial charge in [-0.1, -0.05) is 12.2 Å². The summed E-state index contributed by atoms with van der Waals surface area (Å²) in [5.41, 5.74) is 0.995. The second-order valence-corrected chi connectivity index (χ2v) is 5.58. The molecule has 2 heterocycles. The molecule has 2 fully saturated rings. The van der Waals surface area contributed by atoms with Gasteiger partial charge in [-0.3, -0.25) is 4.90 Å². The van der Waals surface area contributed by atoms with Crippen molar-refractivity contribution < 1.29 is 14.7 Å². The quantitative estimate of drug-likeness (QED) is 0.659. The second kappa shape index (κ2) is 5.77.